The van der Waals surface area contributed by atoms with Crippen molar-refractivity contribution in [2.24, 2.45) is 4.99 Å². The summed E-state index contributed by atoms with van der Waals surface area (Å²) >= 11 is 0. The smallest absolute Gasteiger partial charge is 0.149 e. The molecule has 0 bridgehead atoms. The molecule has 3 rings (SSSR count). The van der Waals surface area contributed by atoms with Crippen LogP contribution >= 0.6 is 0 Å². The second-order valence-electron chi connectivity index (χ2n) is 7.89. The van der Waals surface area contributed by atoms with Gasteiger partial charge in [-0.2, -0.15) is 0 Å². The molecule has 3 nitrogen and oxygen atoms in total. The van der Waals surface area contributed by atoms with Crippen molar-refractivity contribution in [1.82, 2.24) is 5.32 Å². The van der Waals surface area contributed by atoms with E-state index in [0.29, 0.717) is 13.2 Å². The molecule has 0 saturated carbocycles. The van der Waals surface area contributed by atoms with Crippen LogP contribution in [0.3, 0.4) is 0 Å². The summed E-state index contributed by atoms with van der Waals surface area (Å²) in [7, 11) is 0. The Bertz CT molecular complexity index is 858. The van der Waals surface area contributed by atoms with Crippen LogP contribution in [0.4, 0.5) is 0 Å². The number of benzene rings is 2. The zero-order chi connectivity index (χ0) is 20.5. The van der Waals surface area contributed by atoms with E-state index in [-0.39, 0.29) is 5.66 Å². The molecule has 1 aliphatic heterocycles. The predicted molar refractivity (Wildman–Crippen MR) is 122 cm³/mol. The van der Waals surface area contributed by atoms with Gasteiger partial charge in [0.05, 0.1) is 18.9 Å². The zero-order valence-corrected chi connectivity index (χ0v) is 17.8. The van der Waals surface area contributed by atoms with Gasteiger partial charge < -0.3 is 4.74 Å². The summed E-state index contributed by atoms with van der Waals surface area (Å²) in [6, 6.07) is 20.8. The summed E-state index contributed by atoms with van der Waals surface area (Å²) in [5.41, 5.74) is 5.72. The maximum atomic E-state index is 6.01. The van der Waals surface area contributed by atoms with Gasteiger partial charge in [-0.3, -0.25) is 10.3 Å². The number of nitrogens with zero attached hydrogens (tertiary/aromatic N) is 1. The molecule has 1 unspecified atom stereocenters. The Kier molecular flexibility index (Phi) is 7.56. The highest BCUT2D eigenvalue weighted by molar-refractivity contribution is 6.02. The number of hydrogen-bond donors (Lipinski definition) is 1. The molecule has 2 aromatic carbocycles. The highest BCUT2D eigenvalue weighted by Gasteiger charge is 2.44. The van der Waals surface area contributed by atoms with E-state index >= 15 is 0 Å². The van der Waals surface area contributed by atoms with E-state index in [1.807, 2.05) is 24.3 Å². The van der Waals surface area contributed by atoms with Crippen LogP contribution in [-0.4, -0.2) is 25.5 Å². The summed E-state index contributed by atoms with van der Waals surface area (Å²) in [5, 5.41) is 3.44. The molecule has 0 spiro atoms. The van der Waals surface area contributed by atoms with Gasteiger partial charge in [0, 0.05) is 6.54 Å². The van der Waals surface area contributed by atoms with Crippen molar-refractivity contribution in [2.75, 3.05) is 19.8 Å². The lowest BCUT2D eigenvalue weighted by atomic mass is 10.1. The Balaban J connectivity index is 1.66. The third-order valence-corrected chi connectivity index (χ3v) is 5.08. The van der Waals surface area contributed by atoms with Gasteiger partial charge in [0.2, 0.25) is 0 Å². The topological polar surface area (TPSA) is 43.5 Å². The highest BCUT2D eigenvalue weighted by atomic mass is 16.5. The van der Waals surface area contributed by atoms with Crippen molar-refractivity contribution < 1.29 is 4.74 Å². The van der Waals surface area contributed by atoms with Gasteiger partial charge in [0.1, 0.15) is 5.66 Å². The molecule has 1 heterocycles. The average Bonchev–Trinajstić information content (AvgIpc) is 3.52. The number of ether oxygens (including phenoxy) is 1. The minimum Gasteiger partial charge on any atom is -0.371 e. The second kappa shape index (κ2) is 10.3. The van der Waals surface area contributed by atoms with E-state index in [4.69, 9.17) is 9.73 Å². The van der Waals surface area contributed by atoms with Gasteiger partial charge in [0.25, 0.3) is 0 Å². The fraction of sp³-hybridized carbons (Fsp3) is 0.346. The van der Waals surface area contributed by atoms with Gasteiger partial charge in [-0.05, 0) is 44.7 Å². The summed E-state index contributed by atoms with van der Waals surface area (Å²) in [6.07, 6.45) is 6.63. The number of allylic oxidation sites excluding steroid dienone is 3. The van der Waals surface area contributed by atoms with Crippen LogP contribution < -0.4 is 5.32 Å². The molecule has 1 N–H and O–H groups in total. The van der Waals surface area contributed by atoms with Crippen LogP contribution in [0.5, 0.6) is 0 Å². The predicted octanol–water partition coefficient (Wildman–Crippen LogP) is 5.64. The fourth-order valence-electron chi connectivity index (χ4n) is 3.23. The van der Waals surface area contributed by atoms with E-state index in [2.05, 4.69) is 74.6 Å². The van der Waals surface area contributed by atoms with Crippen LogP contribution in [0.15, 0.2) is 89.0 Å². The Labute approximate surface area is 175 Å². The normalized spacial score (nSPS) is 19.1. The van der Waals surface area contributed by atoms with Gasteiger partial charge in [-0.15, -0.1) is 0 Å². The highest BCUT2D eigenvalue weighted by Crippen LogP contribution is 2.32. The minimum absolute atomic E-state index is 0.314. The zero-order valence-electron chi connectivity index (χ0n) is 17.8. The van der Waals surface area contributed by atoms with Crippen LogP contribution in [0.2, 0.25) is 0 Å². The molecule has 0 amide bonds. The molecular weight excluding hydrogens is 356 g/mol. The molecule has 1 aliphatic rings. The van der Waals surface area contributed by atoms with E-state index in [1.54, 1.807) is 0 Å². The minimum atomic E-state index is -0.314. The largest absolute Gasteiger partial charge is 0.371 e. The van der Waals surface area contributed by atoms with Crippen molar-refractivity contribution in [2.45, 2.75) is 39.3 Å². The first-order chi connectivity index (χ1) is 14.1. The standard InChI is InChI=1S/C26H32N2O/c1-21(2)11-10-12-22(3)17-18-29-19-25(23-13-6-4-7-14-23)28-26(20-27-26)24-15-8-5-9-16-24/h4-9,11,13-17,27H,10,12,18-20H2,1-3H3/b22-17-,28-25-. The number of aliphatic imine (C=N–C) groups is 1. The van der Waals surface area contributed by atoms with Crippen LogP contribution in [0.25, 0.3) is 0 Å². The molecule has 0 aromatic heterocycles. The third kappa shape index (κ3) is 6.52. The molecule has 0 radical (unpaired) electrons. The average molecular weight is 389 g/mol. The first-order valence-electron chi connectivity index (χ1n) is 10.4. The maximum Gasteiger partial charge on any atom is 0.149 e. The number of hydrogen-bond acceptors (Lipinski definition) is 3. The molecule has 1 fully saturated rings. The monoisotopic (exact) mass is 388 g/mol. The van der Waals surface area contributed by atoms with Crippen molar-refractivity contribution in [3.63, 3.8) is 0 Å². The fourth-order valence-corrected chi connectivity index (χ4v) is 3.23. The second-order valence-corrected chi connectivity index (χ2v) is 7.89. The van der Waals surface area contributed by atoms with Crippen molar-refractivity contribution in [1.29, 1.82) is 0 Å². The van der Waals surface area contributed by atoms with Crippen LogP contribution in [0, 0.1) is 0 Å². The van der Waals surface area contributed by atoms with Gasteiger partial charge in [-0.25, -0.2) is 0 Å². The quantitative estimate of drug-likeness (QED) is 0.248. The van der Waals surface area contributed by atoms with E-state index in [9.17, 15) is 0 Å². The van der Waals surface area contributed by atoms with E-state index in [0.717, 1.165) is 30.7 Å². The van der Waals surface area contributed by atoms with Crippen LogP contribution in [0.1, 0.15) is 44.7 Å². The van der Waals surface area contributed by atoms with Crippen LogP contribution in [-0.2, 0) is 10.4 Å². The Hall–Kier alpha value is -2.49. The molecule has 3 heteroatoms. The molecule has 1 saturated heterocycles. The SMILES string of the molecule is CC(C)=CCC/C(C)=C\COC/C(=N/C1(c2ccccc2)CN1)c1ccccc1. The van der Waals surface area contributed by atoms with E-state index < -0.39 is 0 Å². The molecular formula is C26H32N2O. The summed E-state index contributed by atoms with van der Waals surface area (Å²) in [6.45, 7) is 8.42. The van der Waals surface area contributed by atoms with Crippen molar-refractivity contribution in [3.8, 4) is 0 Å². The van der Waals surface area contributed by atoms with Crippen molar-refractivity contribution in [3.05, 3.63) is 95.1 Å². The van der Waals surface area contributed by atoms with Crippen molar-refractivity contribution >= 4 is 5.71 Å². The lowest BCUT2D eigenvalue weighted by Gasteiger charge is -2.14. The molecule has 152 valence electrons. The lowest BCUT2D eigenvalue weighted by Crippen LogP contribution is -2.18. The third-order valence-electron chi connectivity index (χ3n) is 5.08. The Morgan fingerprint density at radius 2 is 1.66 bits per heavy atom. The first-order valence-corrected chi connectivity index (χ1v) is 10.4. The summed E-state index contributed by atoms with van der Waals surface area (Å²) < 4.78 is 6.01. The number of rotatable bonds is 10. The van der Waals surface area contributed by atoms with Gasteiger partial charge in [-0.1, -0.05) is 84.0 Å². The Morgan fingerprint density at radius 1 is 1.00 bits per heavy atom. The summed E-state index contributed by atoms with van der Waals surface area (Å²) in [5.74, 6) is 0. The molecule has 1 atom stereocenters. The lowest BCUT2D eigenvalue weighted by molar-refractivity contribution is 0.203. The molecule has 29 heavy (non-hydrogen) atoms. The maximum absolute atomic E-state index is 6.01. The van der Waals surface area contributed by atoms with Gasteiger partial charge in [0.15, 0.2) is 0 Å². The summed E-state index contributed by atoms with van der Waals surface area (Å²) in [4.78, 5) is 5.10. The number of nitrogens with one attached hydrogen (secondary N) is 1. The van der Waals surface area contributed by atoms with E-state index in [1.165, 1.54) is 16.7 Å². The Morgan fingerprint density at radius 3 is 2.28 bits per heavy atom. The van der Waals surface area contributed by atoms with Gasteiger partial charge >= 0.3 is 0 Å². The first kappa shape index (κ1) is 21.2. The molecule has 2 aromatic rings. The molecule has 0 aliphatic carbocycles.